The summed E-state index contributed by atoms with van der Waals surface area (Å²) in [7, 11) is -3.59. The van der Waals surface area contributed by atoms with E-state index in [1.54, 1.807) is 54.6 Å². The van der Waals surface area contributed by atoms with Crippen LogP contribution < -0.4 is 10.0 Å². The lowest BCUT2D eigenvalue weighted by molar-refractivity contribution is 0.0951. The molecule has 2 N–H and O–H groups in total. The van der Waals surface area contributed by atoms with Crippen molar-refractivity contribution in [2.24, 2.45) is 0 Å². The van der Waals surface area contributed by atoms with E-state index < -0.39 is 10.0 Å². The molecule has 29 heavy (non-hydrogen) atoms. The third-order valence-corrected chi connectivity index (χ3v) is 6.20. The third-order valence-electron chi connectivity index (χ3n) is 4.41. The van der Waals surface area contributed by atoms with Gasteiger partial charge in [-0.3, -0.25) is 4.79 Å². The number of carbonyl (C=O) groups is 1. The minimum atomic E-state index is -3.59. The Kier molecular flexibility index (Phi) is 6.69. The molecule has 0 unspecified atom stereocenters. The molecule has 0 saturated heterocycles. The normalized spacial score (nSPS) is 11.2. The Morgan fingerprint density at radius 1 is 0.897 bits per heavy atom. The summed E-state index contributed by atoms with van der Waals surface area (Å²) in [5, 5.41) is 3.42. The van der Waals surface area contributed by atoms with Crippen molar-refractivity contribution in [2.75, 3.05) is 0 Å². The van der Waals surface area contributed by atoms with Crippen LogP contribution in [0, 0.1) is 6.92 Å². The Balaban J connectivity index is 1.57. The van der Waals surface area contributed by atoms with Crippen molar-refractivity contribution in [3.05, 3.63) is 100 Å². The number of aryl methyl sites for hydroxylation is 1. The molecule has 0 aliphatic heterocycles. The lowest BCUT2D eigenvalue weighted by Crippen LogP contribution is -2.24. The Bertz CT molecular complexity index is 1100. The van der Waals surface area contributed by atoms with E-state index in [9.17, 15) is 13.2 Å². The van der Waals surface area contributed by atoms with Crippen LogP contribution in [0.1, 0.15) is 27.0 Å². The van der Waals surface area contributed by atoms with Crippen molar-refractivity contribution in [2.45, 2.75) is 24.9 Å². The molecule has 5 nitrogen and oxygen atoms in total. The summed E-state index contributed by atoms with van der Waals surface area (Å²) >= 11 is 6.09. The van der Waals surface area contributed by atoms with Crippen LogP contribution in [-0.2, 0) is 23.1 Å². The van der Waals surface area contributed by atoms with Crippen LogP contribution in [0.25, 0.3) is 0 Å². The number of halogens is 1. The smallest absolute Gasteiger partial charge is 0.251 e. The SMILES string of the molecule is Cc1ccc(S(=O)(=O)NCc2ccc(C(=O)NCc3ccccc3Cl)cc2)cc1. The number of carbonyl (C=O) groups excluding carboxylic acids is 1. The third kappa shape index (κ3) is 5.67. The summed E-state index contributed by atoms with van der Waals surface area (Å²) in [6.45, 7) is 2.37. The topological polar surface area (TPSA) is 75.3 Å². The zero-order valence-electron chi connectivity index (χ0n) is 15.9. The lowest BCUT2D eigenvalue weighted by atomic mass is 10.1. The molecule has 3 aromatic carbocycles. The van der Waals surface area contributed by atoms with Crippen LogP contribution in [0.3, 0.4) is 0 Å². The van der Waals surface area contributed by atoms with Crippen LogP contribution in [0.15, 0.2) is 77.7 Å². The molecule has 0 spiro atoms. The van der Waals surface area contributed by atoms with Crippen LogP contribution in [-0.4, -0.2) is 14.3 Å². The van der Waals surface area contributed by atoms with E-state index >= 15 is 0 Å². The van der Waals surface area contributed by atoms with Crippen molar-refractivity contribution in [1.29, 1.82) is 0 Å². The van der Waals surface area contributed by atoms with Gasteiger partial charge in [-0.05, 0) is 48.4 Å². The van der Waals surface area contributed by atoms with Gasteiger partial charge < -0.3 is 5.32 Å². The second-order valence-corrected chi connectivity index (χ2v) is 8.78. The van der Waals surface area contributed by atoms with Crippen molar-refractivity contribution in [3.63, 3.8) is 0 Å². The first-order chi connectivity index (χ1) is 13.8. The molecular weight excluding hydrogens is 408 g/mol. The van der Waals surface area contributed by atoms with Crippen molar-refractivity contribution in [3.8, 4) is 0 Å². The van der Waals surface area contributed by atoms with Crippen LogP contribution >= 0.6 is 11.6 Å². The predicted octanol–water partition coefficient (Wildman–Crippen LogP) is 4.06. The lowest BCUT2D eigenvalue weighted by Gasteiger charge is -2.09. The van der Waals surface area contributed by atoms with Crippen molar-refractivity contribution in [1.82, 2.24) is 10.0 Å². The van der Waals surface area contributed by atoms with Gasteiger partial charge in [0.25, 0.3) is 5.91 Å². The van der Waals surface area contributed by atoms with Crippen LogP contribution in [0.5, 0.6) is 0 Å². The van der Waals surface area contributed by atoms with E-state index in [-0.39, 0.29) is 17.3 Å². The summed E-state index contributed by atoms with van der Waals surface area (Å²) in [4.78, 5) is 12.5. The zero-order chi connectivity index (χ0) is 20.9. The van der Waals surface area contributed by atoms with Gasteiger partial charge in [0.2, 0.25) is 10.0 Å². The van der Waals surface area contributed by atoms with Crippen molar-refractivity contribution >= 4 is 27.5 Å². The zero-order valence-corrected chi connectivity index (χ0v) is 17.4. The standard InChI is InChI=1S/C22H21ClN2O3S/c1-16-6-12-20(13-7-16)29(27,28)25-14-17-8-10-18(11-9-17)22(26)24-15-19-4-2-3-5-21(19)23/h2-13,25H,14-15H2,1H3,(H,24,26). The average Bonchev–Trinajstić information content (AvgIpc) is 2.72. The summed E-state index contributed by atoms with van der Waals surface area (Å²) < 4.78 is 27.3. The molecule has 7 heteroatoms. The number of hydrogen-bond acceptors (Lipinski definition) is 3. The molecule has 150 valence electrons. The fraction of sp³-hybridized carbons (Fsp3) is 0.136. The van der Waals surface area contributed by atoms with Crippen LogP contribution in [0.2, 0.25) is 5.02 Å². The Morgan fingerprint density at radius 3 is 2.21 bits per heavy atom. The van der Waals surface area contributed by atoms with E-state index in [2.05, 4.69) is 10.0 Å². The minimum absolute atomic E-state index is 0.137. The molecule has 0 heterocycles. The molecule has 0 saturated carbocycles. The highest BCUT2D eigenvalue weighted by molar-refractivity contribution is 7.89. The molecule has 0 fully saturated rings. The second kappa shape index (κ2) is 9.22. The summed E-state index contributed by atoms with van der Waals surface area (Å²) in [5.74, 6) is -0.225. The Labute approximate surface area is 175 Å². The van der Waals surface area contributed by atoms with Gasteiger partial charge in [0.05, 0.1) is 4.90 Å². The van der Waals surface area contributed by atoms with Gasteiger partial charge in [-0.1, -0.05) is 59.6 Å². The molecule has 0 aliphatic carbocycles. The fourth-order valence-corrected chi connectivity index (χ4v) is 3.89. The number of nitrogens with one attached hydrogen (secondary N) is 2. The van der Waals surface area contributed by atoms with E-state index in [0.717, 1.165) is 16.7 Å². The number of rotatable bonds is 7. The van der Waals surface area contributed by atoms with E-state index in [0.29, 0.717) is 17.1 Å². The number of benzene rings is 3. The maximum Gasteiger partial charge on any atom is 0.251 e. The minimum Gasteiger partial charge on any atom is -0.348 e. The highest BCUT2D eigenvalue weighted by Gasteiger charge is 2.13. The largest absolute Gasteiger partial charge is 0.348 e. The maximum atomic E-state index is 12.4. The molecule has 0 aromatic heterocycles. The molecule has 0 atom stereocenters. The first kappa shape index (κ1) is 21.0. The maximum absolute atomic E-state index is 12.4. The quantitative estimate of drug-likeness (QED) is 0.596. The van der Waals surface area contributed by atoms with Gasteiger partial charge in [-0.2, -0.15) is 0 Å². The number of sulfonamides is 1. The molecule has 0 bridgehead atoms. The van der Waals surface area contributed by atoms with Crippen LogP contribution in [0.4, 0.5) is 0 Å². The Morgan fingerprint density at radius 2 is 1.55 bits per heavy atom. The molecule has 3 rings (SSSR count). The van der Waals surface area contributed by atoms with Gasteiger partial charge in [-0.25, -0.2) is 13.1 Å². The van der Waals surface area contributed by atoms with E-state index in [4.69, 9.17) is 11.6 Å². The number of hydrogen-bond donors (Lipinski definition) is 2. The highest BCUT2D eigenvalue weighted by atomic mass is 35.5. The molecule has 1 amide bonds. The monoisotopic (exact) mass is 428 g/mol. The van der Waals surface area contributed by atoms with E-state index in [1.165, 1.54) is 0 Å². The Hall–Kier alpha value is -2.67. The average molecular weight is 429 g/mol. The van der Waals surface area contributed by atoms with Crippen molar-refractivity contribution < 1.29 is 13.2 Å². The molecule has 0 aliphatic rings. The fourth-order valence-electron chi connectivity index (χ4n) is 2.67. The summed E-state index contributed by atoms with van der Waals surface area (Å²) in [5.41, 5.74) is 3.07. The molecule has 3 aromatic rings. The van der Waals surface area contributed by atoms with E-state index in [1.807, 2.05) is 25.1 Å². The van der Waals surface area contributed by atoms with Gasteiger partial charge in [-0.15, -0.1) is 0 Å². The summed E-state index contributed by atoms with van der Waals surface area (Å²) in [6, 6.07) is 20.8. The van der Waals surface area contributed by atoms with Gasteiger partial charge >= 0.3 is 0 Å². The van der Waals surface area contributed by atoms with Gasteiger partial charge in [0.15, 0.2) is 0 Å². The summed E-state index contributed by atoms with van der Waals surface area (Å²) in [6.07, 6.45) is 0. The van der Waals surface area contributed by atoms with Gasteiger partial charge in [0.1, 0.15) is 0 Å². The van der Waals surface area contributed by atoms with Gasteiger partial charge in [0, 0.05) is 23.7 Å². The highest BCUT2D eigenvalue weighted by Crippen LogP contribution is 2.15. The first-order valence-corrected chi connectivity index (χ1v) is 10.9. The second-order valence-electron chi connectivity index (χ2n) is 6.61. The predicted molar refractivity (Wildman–Crippen MR) is 114 cm³/mol. The number of amides is 1. The molecule has 0 radical (unpaired) electrons. The molecular formula is C22H21ClN2O3S. The first-order valence-electron chi connectivity index (χ1n) is 9.02.